The van der Waals surface area contributed by atoms with Gasteiger partial charge in [-0.3, -0.25) is 9.48 Å². The van der Waals surface area contributed by atoms with Crippen molar-refractivity contribution in [1.82, 2.24) is 9.78 Å². The standard InChI is InChI=1S/C13H22N4O.ClH/c1-8-12(9(2)17(3)16-8)15-13(18)10-5-4-6-11(14)7-10;/h10-11H,4-7,14H2,1-3H3,(H,15,18);1H. The number of hydrogen-bond acceptors (Lipinski definition) is 3. The second kappa shape index (κ2) is 6.39. The average molecular weight is 287 g/mol. The summed E-state index contributed by atoms with van der Waals surface area (Å²) >= 11 is 0. The van der Waals surface area contributed by atoms with Gasteiger partial charge in [-0.2, -0.15) is 5.10 Å². The minimum atomic E-state index is 0. The predicted molar refractivity (Wildman–Crippen MR) is 78.5 cm³/mol. The molecule has 0 saturated heterocycles. The first-order chi connectivity index (χ1) is 8.49. The van der Waals surface area contributed by atoms with E-state index in [4.69, 9.17) is 5.73 Å². The minimum Gasteiger partial charge on any atom is -0.328 e. The fourth-order valence-electron chi connectivity index (χ4n) is 2.65. The number of hydrogen-bond donors (Lipinski definition) is 2. The summed E-state index contributed by atoms with van der Waals surface area (Å²) in [6.45, 7) is 3.87. The number of nitrogens with one attached hydrogen (secondary N) is 1. The van der Waals surface area contributed by atoms with Gasteiger partial charge in [0.1, 0.15) is 0 Å². The number of carbonyl (C=O) groups excluding carboxylic acids is 1. The van der Waals surface area contributed by atoms with Crippen LogP contribution in [0.3, 0.4) is 0 Å². The summed E-state index contributed by atoms with van der Waals surface area (Å²) in [6.07, 6.45) is 3.82. The van der Waals surface area contributed by atoms with E-state index in [2.05, 4.69) is 10.4 Å². The lowest BCUT2D eigenvalue weighted by molar-refractivity contribution is -0.120. The number of nitrogens with two attached hydrogens (primary N) is 1. The molecule has 0 bridgehead atoms. The van der Waals surface area contributed by atoms with Crippen LogP contribution in [-0.2, 0) is 11.8 Å². The fraction of sp³-hybridized carbons (Fsp3) is 0.692. The molecular weight excluding hydrogens is 264 g/mol. The van der Waals surface area contributed by atoms with E-state index in [-0.39, 0.29) is 30.3 Å². The first-order valence-corrected chi connectivity index (χ1v) is 6.55. The third-order valence-electron chi connectivity index (χ3n) is 3.84. The molecule has 2 rings (SSSR count). The van der Waals surface area contributed by atoms with Gasteiger partial charge in [0.05, 0.1) is 17.1 Å². The van der Waals surface area contributed by atoms with E-state index in [9.17, 15) is 4.79 Å². The third-order valence-corrected chi connectivity index (χ3v) is 3.84. The number of nitrogens with zero attached hydrogens (tertiary/aromatic N) is 2. The van der Waals surface area contributed by atoms with Crippen LogP contribution in [0.25, 0.3) is 0 Å². The molecule has 2 atom stereocenters. The highest BCUT2D eigenvalue weighted by Gasteiger charge is 2.26. The zero-order chi connectivity index (χ0) is 13.3. The molecule has 1 fully saturated rings. The Morgan fingerprint density at radius 1 is 1.42 bits per heavy atom. The first kappa shape index (κ1) is 16.0. The second-order valence-corrected chi connectivity index (χ2v) is 5.28. The summed E-state index contributed by atoms with van der Waals surface area (Å²) in [4.78, 5) is 12.2. The van der Waals surface area contributed by atoms with E-state index >= 15 is 0 Å². The maximum Gasteiger partial charge on any atom is 0.227 e. The van der Waals surface area contributed by atoms with Gasteiger partial charge in [-0.1, -0.05) is 6.42 Å². The number of anilines is 1. The molecule has 0 aromatic carbocycles. The van der Waals surface area contributed by atoms with Gasteiger partial charge in [0.2, 0.25) is 5.91 Å². The van der Waals surface area contributed by atoms with Crippen LogP contribution in [-0.4, -0.2) is 21.7 Å². The molecule has 0 spiro atoms. The Bertz CT molecular complexity index is 458. The van der Waals surface area contributed by atoms with Gasteiger partial charge in [-0.05, 0) is 33.1 Å². The SMILES string of the molecule is Cc1nn(C)c(C)c1NC(=O)C1CCCC(N)C1.Cl. The quantitative estimate of drug-likeness (QED) is 0.872. The van der Waals surface area contributed by atoms with E-state index in [1.54, 1.807) is 4.68 Å². The Balaban J connectivity index is 0.00000180. The molecule has 1 aliphatic carbocycles. The Labute approximate surface area is 120 Å². The lowest BCUT2D eigenvalue weighted by Gasteiger charge is -2.25. The van der Waals surface area contributed by atoms with Crippen LogP contribution >= 0.6 is 12.4 Å². The van der Waals surface area contributed by atoms with Crippen molar-refractivity contribution in [2.45, 2.75) is 45.6 Å². The van der Waals surface area contributed by atoms with E-state index in [1.165, 1.54) is 0 Å². The molecule has 1 saturated carbocycles. The fourth-order valence-corrected chi connectivity index (χ4v) is 2.65. The zero-order valence-electron chi connectivity index (χ0n) is 11.8. The number of halogens is 1. The summed E-state index contributed by atoms with van der Waals surface area (Å²) < 4.78 is 1.79. The molecule has 1 amide bonds. The Morgan fingerprint density at radius 2 is 2.11 bits per heavy atom. The number of carbonyl (C=O) groups is 1. The van der Waals surface area contributed by atoms with Gasteiger partial charge >= 0.3 is 0 Å². The molecule has 19 heavy (non-hydrogen) atoms. The maximum atomic E-state index is 12.2. The van der Waals surface area contributed by atoms with Gasteiger partial charge < -0.3 is 11.1 Å². The lowest BCUT2D eigenvalue weighted by atomic mass is 9.85. The van der Waals surface area contributed by atoms with E-state index < -0.39 is 0 Å². The summed E-state index contributed by atoms with van der Waals surface area (Å²) in [7, 11) is 1.88. The molecule has 6 heteroatoms. The van der Waals surface area contributed by atoms with Crippen LogP contribution in [0.15, 0.2) is 0 Å². The van der Waals surface area contributed by atoms with Crippen molar-refractivity contribution in [2.75, 3.05) is 5.32 Å². The highest BCUT2D eigenvalue weighted by molar-refractivity contribution is 5.93. The van der Waals surface area contributed by atoms with Crippen LogP contribution in [0.2, 0.25) is 0 Å². The number of rotatable bonds is 2. The normalized spacial score (nSPS) is 22.7. The molecular formula is C13H23ClN4O. The topological polar surface area (TPSA) is 72.9 Å². The Hall–Kier alpha value is -1.07. The molecule has 5 nitrogen and oxygen atoms in total. The first-order valence-electron chi connectivity index (χ1n) is 6.55. The Kier molecular flexibility index (Phi) is 5.38. The van der Waals surface area contributed by atoms with Crippen LogP contribution < -0.4 is 11.1 Å². The summed E-state index contributed by atoms with van der Waals surface area (Å²) in [6, 6.07) is 0.172. The van der Waals surface area contributed by atoms with Crippen LogP contribution in [0.1, 0.15) is 37.1 Å². The van der Waals surface area contributed by atoms with E-state index in [1.807, 2.05) is 20.9 Å². The summed E-state index contributed by atoms with van der Waals surface area (Å²) in [5.74, 6) is 0.136. The monoisotopic (exact) mass is 286 g/mol. The third kappa shape index (κ3) is 3.48. The average Bonchev–Trinajstić information content (AvgIpc) is 2.56. The van der Waals surface area contributed by atoms with Crippen molar-refractivity contribution in [3.05, 3.63) is 11.4 Å². The van der Waals surface area contributed by atoms with Gasteiger partial charge in [0.15, 0.2) is 0 Å². The number of amides is 1. The second-order valence-electron chi connectivity index (χ2n) is 5.28. The van der Waals surface area contributed by atoms with Crippen LogP contribution in [0.4, 0.5) is 5.69 Å². The van der Waals surface area contributed by atoms with Crippen molar-refractivity contribution in [2.24, 2.45) is 18.7 Å². The highest BCUT2D eigenvalue weighted by atomic mass is 35.5. The molecule has 1 aromatic rings. The largest absolute Gasteiger partial charge is 0.328 e. The number of aromatic nitrogens is 2. The highest BCUT2D eigenvalue weighted by Crippen LogP contribution is 2.26. The minimum absolute atomic E-state index is 0. The molecule has 0 radical (unpaired) electrons. The van der Waals surface area contributed by atoms with E-state index in [0.717, 1.165) is 42.8 Å². The van der Waals surface area contributed by atoms with Gasteiger partial charge in [0, 0.05) is 19.0 Å². The van der Waals surface area contributed by atoms with Crippen molar-refractivity contribution in [3.63, 3.8) is 0 Å². The van der Waals surface area contributed by atoms with Crippen molar-refractivity contribution < 1.29 is 4.79 Å². The molecule has 108 valence electrons. The molecule has 1 aliphatic rings. The van der Waals surface area contributed by atoms with Crippen molar-refractivity contribution in [1.29, 1.82) is 0 Å². The van der Waals surface area contributed by atoms with Crippen molar-refractivity contribution >= 4 is 24.0 Å². The zero-order valence-corrected chi connectivity index (χ0v) is 12.6. The molecule has 3 N–H and O–H groups in total. The Morgan fingerprint density at radius 3 is 2.63 bits per heavy atom. The van der Waals surface area contributed by atoms with Gasteiger partial charge in [-0.15, -0.1) is 12.4 Å². The predicted octanol–water partition coefficient (Wildman–Crippen LogP) is 1.91. The smallest absolute Gasteiger partial charge is 0.227 e. The van der Waals surface area contributed by atoms with E-state index in [0.29, 0.717) is 0 Å². The summed E-state index contributed by atoms with van der Waals surface area (Å²) in [5.41, 5.74) is 8.62. The van der Waals surface area contributed by atoms with Crippen LogP contribution in [0, 0.1) is 19.8 Å². The van der Waals surface area contributed by atoms with Gasteiger partial charge in [-0.25, -0.2) is 0 Å². The molecule has 1 heterocycles. The molecule has 0 aliphatic heterocycles. The molecule has 1 aromatic heterocycles. The molecule has 2 unspecified atom stereocenters. The summed E-state index contributed by atoms with van der Waals surface area (Å²) in [5, 5.41) is 7.31. The van der Waals surface area contributed by atoms with Crippen molar-refractivity contribution in [3.8, 4) is 0 Å². The van der Waals surface area contributed by atoms with Crippen LogP contribution in [0.5, 0.6) is 0 Å². The maximum absolute atomic E-state index is 12.2. The number of aryl methyl sites for hydroxylation is 2. The van der Waals surface area contributed by atoms with Gasteiger partial charge in [0.25, 0.3) is 0 Å². The lowest BCUT2D eigenvalue weighted by Crippen LogP contribution is -2.34.